The van der Waals surface area contributed by atoms with Gasteiger partial charge in [0.2, 0.25) is 0 Å². The lowest BCUT2D eigenvalue weighted by atomic mass is 9.87. The van der Waals surface area contributed by atoms with Crippen LogP contribution in [0, 0.1) is 5.41 Å². The molecule has 1 aliphatic rings. The Morgan fingerprint density at radius 3 is 2.55 bits per heavy atom. The zero-order chi connectivity index (χ0) is 8.54. The molecule has 0 aromatic heterocycles. The molecule has 1 rings (SSSR count). The van der Waals surface area contributed by atoms with E-state index in [-0.39, 0.29) is 5.41 Å². The van der Waals surface area contributed by atoms with Crippen LogP contribution in [-0.2, 0) is 0 Å². The molecule has 1 heteroatoms. The van der Waals surface area contributed by atoms with Crippen LogP contribution >= 0.6 is 0 Å². The van der Waals surface area contributed by atoms with Gasteiger partial charge in [-0.3, -0.25) is 0 Å². The van der Waals surface area contributed by atoms with Crippen molar-refractivity contribution in [3.05, 3.63) is 24.8 Å². The predicted octanol–water partition coefficient (Wildman–Crippen LogP) is 2.28. The molecule has 1 N–H and O–H groups in total. The van der Waals surface area contributed by atoms with Crippen molar-refractivity contribution in [3.63, 3.8) is 0 Å². The van der Waals surface area contributed by atoms with Gasteiger partial charge in [0.05, 0.1) is 5.60 Å². The van der Waals surface area contributed by atoms with Crippen LogP contribution in [0.4, 0.5) is 0 Å². The SMILES string of the molecule is C=CCC1(O)C=CC(C)(C)C1. The zero-order valence-corrected chi connectivity index (χ0v) is 7.30. The first kappa shape index (κ1) is 8.54. The third kappa shape index (κ3) is 1.93. The summed E-state index contributed by atoms with van der Waals surface area (Å²) in [5, 5.41) is 9.87. The summed E-state index contributed by atoms with van der Waals surface area (Å²) in [6, 6.07) is 0. The van der Waals surface area contributed by atoms with Crippen molar-refractivity contribution in [2.45, 2.75) is 32.3 Å². The molecule has 1 nitrogen and oxygen atoms in total. The van der Waals surface area contributed by atoms with Gasteiger partial charge in [0.25, 0.3) is 0 Å². The number of aliphatic hydroxyl groups is 1. The molecule has 0 saturated heterocycles. The second-order valence-corrected chi connectivity index (χ2v) is 4.10. The van der Waals surface area contributed by atoms with E-state index in [0.29, 0.717) is 6.42 Å². The molecule has 0 heterocycles. The quantitative estimate of drug-likeness (QED) is 0.602. The molecule has 0 fully saturated rings. The van der Waals surface area contributed by atoms with Crippen molar-refractivity contribution in [3.8, 4) is 0 Å². The van der Waals surface area contributed by atoms with Gasteiger partial charge in [-0.2, -0.15) is 0 Å². The Balaban J connectivity index is 2.67. The van der Waals surface area contributed by atoms with E-state index in [1.807, 2.05) is 6.08 Å². The maximum Gasteiger partial charge on any atom is 0.0870 e. The van der Waals surface area contributed by atoms with E-state index in [1.54, 1.807) is 6.08 Å². The molecule has 1 aliphatic carbocycles. The smallest absolute Gasteiger partial charge is 0.0870 e. The monoisotopic (exact) mass is 152 g/mol. The summed E-state index contributed by atoms with van der Waals surface area (Å²) >= 11 is 0. The van der Waals surface area contributed by atoms with E-state index in [0.717, 1.165) is 6.42 Å². The summed E-state index contributed by atoms with van der Waals surface area (Å²) in [4.78, 5) is 0. The van der Waals surface area contributed by atoms with Crippen molar-refractivity contribution in [1.29, 1.82) is 0 Å². The lowest BCUT2D eigenvalue weighted by molar-refractivity contribution is 0.0723. The first-order chi connectivity index (χ1) is 4.97. The number of allylic oxidation sites excluding steroid dienone is 1. The molecule has 0 spiro atoms. The number of hydrogen-bond donors (Lipinski definition) is 1. The van der Waals surface area contributed by atoms with Crippen molar-refractivity contribution in [2.24, 2.45) is 5.41 Å². The number of rotatable bonds is 2. The standard InChI is InChI=1S/C10H16O/c1-4-5-10(11)7-6-9(2,3)8-10/h4,6-7,11H,1,5,8H2,2-3H3. The molecule has 0 bridgehead atoms. The van der Waals surface area contributed by atoms with Gasteiger partial charge >= 0.3 is 0 Å². The second-order valence-electron chi connectivity index (χ2n) is 4.10. The maximum absolute atomic E-state index is 9.87. The molecule has 0 aromatic carbocycles. The minimum atomic E-state index is -0.620. The Labute approximate surface area is 68.4 Å². The molecule has 0 aliphatic heterocycles. The van der Waals surface area contributed by atoms with Gasteiger partial charge in [0.15, 0.2) is 0 Å². The lowest BCUT2D eigenvalue weighted by Crippen LogP contribution is -2.25. The summed E-state index contributed by atoms with van der Waals surface area (Å²) in [7, 11) is 0. The van der Waals surface area contributed by atoms with Gasteiger partial charge in [-0.25, -0.2) is 0 Å². The normalized spacial score (nSPS) is 34.1. The van der Waals surface area contributed by atoms with Crippen LogP contribution in [-0.4, -0.2) is 10.7 Å². The van der Waals surface area contributed by atoms with Crippen molar-refractivity contribution < 1.29 is 5.11 Å². The molecule has 0 aromatic rings. The topological polar surface area (TPSA) is 20.2 Å². The Kier molecular flexibility index (Phi) is 1.93. The third-order valence-electron chi connectivity index (χ3n) is 2.10. The first-order valence-corrected chi connectivity index (χ1v) is 4.01. The van der Waals surface area contributed by atoms with Crippen molar-refractivity contribution >= 4 is 0 Å². The third-order valence-corrected chi connectivity index (χ3v) is 2.10. The van der Waals surface area contributed by atoms with Crippen LogP contribution in [0.15, 0.2) is 24.8 Å². The van der Waals surface area contributed by atoms with Crippen LogP contribution in [0.25, 0.3) is 0 Å². The zero-order valence-electron chi connectivity index (χ0n) is 7.30. The minimum absolute atomic E-state index is 0.151. The van der Waals surface area contributed by atoms with Gasteiger partial charge in [0.1, 0.15) is 0 Å². The largest absolute Gasteiger partial charge is 0.385 e. The molecule has 0 amide bonds. The summed E-state index contributed by atoms with van der Waals surface area (Å²) in [6.07, 6.45) is 7.22. The van der Waals surface area contributed by atoms with Crippen molar-refractivity contribution in [1.82, 2.24) is 0 Å². The van der Waals surface area contributed by atoms with E-state index in [1.165, 1.54) is 0 Å². The highest BCUT2D eigenvalue weighted by molar-refractivity contribution is 5.17. The molecule has 1 atom stereocenters. The highest BCUT2D eigenvalue weighted by atomic mass is 16.3. The Bertz CT molecular complexity index is 191. The summed E-state index contributed by atoms with van der Waals surface area (Å²) in [6.45, 7) is 7.88. The molecule has 1 unspecified atom stereocenters. The van der Waals surface area contributed by atoms with E-state index in [9.17, 15) is 5.11 Å². The van der Waals surface area contributed by atoms with Gasteiger partial charge in [-0.05, 0) is 18.3 Å². The minimum Gasteiger partial charge on any atom is -0.385 e. The second kappa shape index (κ2) is 2.49. The maximum atomic E-state index is 9.87. The van der Waals surface area contributed by atoms with Gasteiger partial charge in [-0.1, -0.05) is 32.1 Å². The van der Waals surface area contributed by atoms with Crippen molar-refractivity contribution in [2.75, 3.05) is 0 Å². The lowest BCUT2D eigenvalue weighted by Gasteiger charge is -2.23. The van der Waals surface area contributed by atoms with Crippen LogP contribution in [0.2, 0.25) is 0 Å². The van der Waals surface area contributed by atoms with Gasteiger partial charge < -0.3 is 5.11 Å². The predicted molar refractivity (Wildman–Crippen MR) is 47.3 cm³/mol. The summed E-state index contributed by atoms with van der Waals surface area (Å²) in [5.41, 5.74) is -0.469. The summed E-state index contributed by atoms with van der Waals surface area (Å²) in [5.74, 6) is 0. The number of hydrogen-bond acceptors (Lipinski definition) is 1. The van der Waals surface area contributed by atoms with Gasteiger partial charge in [0, 0.05) is 0 Å². The first-order valence-electron chi connectivity index (χ1n) is 4.01. The Morgan fingerprint density at radius 2 is 2.18 bits per heavy atom. The Hall–Kier alpha value is -0.560. The van der Waals surface area contributed by atoms with E-state index < -0.39 is 5.60 Å². The Morgan fingerprint density at radius 1 is 1.55 bits per heavy atom. The summed E-state index contributed by atoms with van der Waals surface area (Å²) < 4.78 is 0. The van der Waals surface area contributed by atoms with Crippen LogP contribution in [0.1, 0.15) is 26.7 Å². The fourth-order valence-corrected chi connectivity index (χ4v) is 1.68. The van der Waals surface area contributed by atoms with Crippen LogP contribution in [0.5, 0.6) is 0 Å². The van der Waals surface area contributed by atoms with E-state index in [2.05, 4.69) is 26.5 Å². The molecular weight excluding hydrogens is 136 g/mol. The molecule has 11 heavy (non-hydrogen) atoms. The molecule has 0 saturated carbocycles. The van der Waals surface area contributed by atoms with Gasteiger partial charge in [-0.15, -0.1) is 6.58 Å². The highest BCUT2D eigenvalue weighted by Gasteiger charge is 2.35. The molecule has 0 radical (unpaired) electrons. The molecular formula is C10H16O. The average Bonchev–Trinajstić information content (AvgIpc) is 2.07. The molecule has 62 valence electrons. The fraction of sp³-hybridized carbons (Fsp3) is 0.600. The average molecular weight is 152 g/mol. The van der Waals surface area contributed by atoms with Crippen LogP contribution < -0.4 is 0 Å². The van der Waals surface area contributed by atoms with Crippen LogP contribution in [0.3, 0.4) is 0 Å². The highest BCUT2D eigenvalue weighted by Crippen LogP contribution is 2.38. The van der Waals surface area contributed by atoms with E-state index >= 15 is 0 Å². The fourth-order valence-electron chi connectivity index (χ4n) is 1.68. The van der Waals surface area contributed by atoms with E-state index in [4.69, 9.17) is 0 Å².